The number of carbonyl (C=O) groups excluding carboxylic acids is 1. The maximum atomic E-state index is 12.4. The van der Waals surface area contributed by atoms with Gasteiger partial charge in [0.25, 0.3) is 0 Å². The normalized spacial score (nSPS) is 16.8. The number of hydrogen-bond acceptors (Lipinski definition) is 5. The van der Waals surface area contributed by atoms with E-state index in [4.69, 9.17) is 16.3 Å². The van der Waals surface area contributed by atoms with Gasteiger partial charge in [-0.15, -0.1) is 0 Å². The smallest absolute Gasteiger partial charge is 0.234 e. The highest BCUT2D eigenvalue weighted by atomic mass is 35.5. The molecule has 132 valence electrons. The van der Waals surface area contributed by atoms with E-state index in [1.165, 1.54) is 0 Å². The third-order valence-corrected chi connectivity index (χ3v) is 4.36. The van der Waals surface area contributed by atoms with E-state index < -0.39 is 0 Å². The average Bonchev–Trinajstić information content (AvgIpc) is 3.06. The summed E-state index contributed by atoms with van der Waals surface area (Å²) in [6.45, 7) is 1.26. The second-order valence-corrected chi connectivity index (χ2v) is 6.72. The van der Waals surface area contributed by atoms with Gasteiger partial charge in [0.2, 0.25) is 11.8 Å². The molecular weight excluding hydrogens is 340 g/mol. The van der Waals surface area contributed by atoms with Crippen molar-refractivity contribution < 1.29 is 9.53 Å². The van der Waals surface area contributed by atoms with Crippen molar-refractivity contribution in [2.45, 2.75) is 18.9 Å². The summed E-state index contributed by atoms with van der Waals surface area (Å²) in [7, 11) is 3.81. The van der Waals surface area contributed by atoms with Crippen LogP contribution in [0.1, 0.15) is 12.0 Å². The van der Waals surface area contributed by atoms with Crippen LogP contribution in [-0.4, -0.2) is 54.1 Å². The van der Waals surface area contributed by atoms with Gasteiger partial charge in [-0.25, -0.2) is 0 Å². The van der Waals surface area contributed by atoms with Crippen LogP contribution < -0.4 is 9.64 Å². The lowest BCUT2D eigenvalue weighted by atomic mass is 10.1. The maximum Gasteiger partial charge on any atom is 0.234 e. The third-order valence-electron chi connectivity index (χ3n) is 4.11. The molecule has 0 N–H and O–H groups in total. The summed E-state index contributed by atoms with van der Waals surface area (Å²) in [6, 6.07) is 7.37. The largest absolute Gasteiger partial charge is 0.471 e. The topological polar surface area (TPSA) is 58.6 Å². The van der Waals surface area contributed by atoms with Crippen molar-refractivity contribution in [2.24, 2.45) is 0 Å². The molecule has 1 fully saturated rings. The molecule has 3 rings (SSSR count). The molecule has 25 heavy (non-hydrogen) atoms. The molecule has 0 radical (unpaired) electrons. The van der Waals surface area contributed by atoms with Crippen LogP contribution in [0.3, 0.4) is 0 Å². The predicted octanol–water partition coefficient (Wildman–Crippen LogP) is 2.42. The molecule has 1 saturated heterocycles. The summed E-state index contributed by atoms with van der Waals surface area (Å²) < 4.78 is 5.90. The molecule has 1 unspecified atom stereocenters. The fraction of sp³-hybridized carbons (Fsp3) is 0.389. The monoisotopic (exact) mass is 360 g/mol. The lowest BCUT2D eigenvalue weighted by Gasteiger charge is -2.17. The summed E-state index contributed by atoms with van der Waals surface area (Å²) in [5.74, 6) is 1.33. The van der Waals surface area contributed by atoms with Crippen LogP contribution in [0.5, 0.6) is 5.88 Å². The number of likely N-dealkylation sites (tertiary alicyclic amines) is 1. The standard InChI is InChI=1S/C18H21ClN4O2/c1-22(2)16-10-20-11-17(21-16)25-15-7-8-23(12-15)18(24)9-13-3-5-14(19)6-4-13/h3-6,10-11,15H,7-9,12H2,1-2H3. The fourth-order valence-corrected chi connectivity index (χ4v) is 2.85. The van der Waals surface area contributed by atoms with E-state index in [1.54, 1.807) is 24.5 Å². The number of hydrogen-bond donors (Lipinski definition) is 0. The van der Waals surface area contributed by atoms with E-state index >= 15 is 0 Å². The molecule has 1 amide bonds. The quantitative estimate of drug-likeness (QED) is 0.819. The zero-order valence-corrected chi connectivity index (χ0v) is 15.1. The van der Waals surface area contributed by atoms with Crippen molar-refractivity contribution >= 4 is 23.3 Å². The Bertz CT molecular complexity index is 736. The van der Waals surface area contributed by atoms with Gasteiger partial charge in [-0.1, -0.05) is 23.7 Å². The minimum atomic E-state index is -0.0547. The van der Waals surface area contributed by atoms with Gasteiger partial charge in [0, 0.05) is 32.1 Å². The molecule has 1 aromatic carbocycles. The van der Waals surface area contributed by atoms with E-state index in [0.717, 1.165) is 17.8 Å². The first-order valence-corrected chi connectivity index (χ1v) is 8.57. The zero-order chi connectivity index (χ0) is 17.8. The van der Waals surface area contributed by atoms with Gasteiger partial charge in [0.05, 0.1) is 25.4 Å². The lowest BCUT2D eigenvalue weighted by Crippen LogP contribution is -2.32. The number of halogens is 1. The Morgan fingerprint density at radius 1 is 1.32 bits per heavy atom. The van der Waals surface area contributed by atoms with E-state index in [0.29, 0.717) is 30.4 Å². The first-order chi connectivity index (χ1) is 12.0. The molecule has 0 saturated carbocycles. The van der Waals surface area contributed by atoms with Crippen LogP contribution in [0.25, 0.3) is 0 Å². The summed E-state index contributed by atoms with van der Waals surface area (Å²) >= 11 is 5.88. The molecule has 2 heterocycles. The number of anilines is 1. The molecule has 2 aromatic rings. The minimum absolute atomic E-state index is 0.0547. The van der Waals surface area contributed by atoms with Gasteiger partial charge in [0.1, 0.15) is 6.10 Å². The molecule has 0 bridgehead atoms. The van der Waals surface area contributed by atoms with Crippen LogP contribution in [-0.2, 0) is 11.2 Å². The Morgan fingerprint density at radius 3 is 2.80 bits per heavy atom. The highest BCUT2D eigenvalue weighted by molar-refractivity contribution is 6.30. The SMILES string of the molecule is CN(C)c1cncc(OC2CCN(C(=O)Cc3ccc(Cl)cc3)C2)n1. The van der Waals surface area contributed by atoms with Crippen molar-refractivity contribution in [1.29, 1.82) is 0 Å². The number of carbonyl (C=O) groups is 1. The number of aromatic nitrogens is 2. The molecule has 1 aliphatic rings. The molecule has 1 aromatic heterocycles. The molecular formula is C18H21ClN4O2. The van der Waals surface area contributed by atoms with Crippen LogP contribution in [0.15, 0.2) is 36.7 Å². The van der Waals surface area contributed by atoms with Crippen LogP contribution in [0.4, 0.5) is 5.82 Å². The minimum Gasteiger partial charge on any atom is -0.471 e. The van der Waals surface area contributed by atoms with Gasteiger partial charge >= 0.3 is 0 Å². The summed E-state index contributed by atoms with van der Waals surface area (Å²) in [6.07, 6.45) is 4.40. The second kappa shape index (κ2) is 7.70. The van der Waals surface area contributed by atoms with Crippen molar-refractivity contribution in [3.8, 4) is 5.88 Å². The summed E-state index contributed by atoms with van der Waals surface area (Å²) in [5.41, 5.74) is 0.961. The van der Waals surface area contributed by atoms with Gasteiger partial charge in [0.15, 0.2) is 5.82 Å². The predicted molar refractivity (Wildman–Crippen MR) is 97.1 cm³/mol. The molecule has 6 nitrogen and oxygen atoms in total. The third kappa shape index (κ3) is 4.60. The molecule has 1 aliphatic heterocycles. The molecule has 0 spiro atoms. The van der Waals surface area contributed by atoms with Gasteiger partial charge in [-0.2, -0.15) is 4.98 Å². The van der Waals surface area contributed by atoms with Crippen LogP contribution in [0, 0.1) is 0 Å². The molecule has 1 atom stereocenters. The Hall–Kier alpha value is -2.34. The Balaban J connectivity index is 1.55. The highest BCUT2D eigenvalue weighted by Crippen LogP contribution is 2.19. The second-order valence-electron chi connectivity index (χ2n) is 6.28. The number of amides is 1. The van der Waals surface area contributed by atoms with Crippen molar-refractivity contribution in [3.05, 3.63) is 47.2 Å². The summed E-state index contributed by atoms with van der Waals surface area (Å²) in [4.78, 5) is 24.7. The number of ether oxygens (including phenoxy) is 1. The Kier molecular flexibility index (Phi) is 5.38. The Labute approximate surface area is 152 Å². The van der Waals surface area contributed by atoms with Gasteiger partial charge < -0.3 is 14.5 Å². The van der Waals surface area contributed by atoms with Gasteiger partial charge in [-0.3, -0.25) is 9.78 Å². The number of benzene rings is 1. The number of nitrogens with zero attached hydrogens (tertiary/aromatic N) is 4. The van der Waals surface area contributed by atoms with E-state index in [-0.39, 0.29) is 12.0 Å². The van der Waals surface area contributed by atoms with E-state index in [1.807, 2.05) is 36.0 Å². The fourth-order valence-electron chi connectivity index (χ4n) is 2.72. The van der Waals surface area contributed by atoms with E-state index in [9.17, 15) is 4.79 Å². The first-order valence-electron chi connectivity index (χ1n) is 8.19. The lowest BCUT2D eigenvalue weighted by molar-refractivity contribution is -0.129. The average molecular weight is 361 g/mol. The molecule has 7 heteroatoms. The summed E-state index contributed by atoms with van der Waals surface area (Å²) in [5, 5.41) is 0.673. The van der Waals surface area contributed by atoms with Crippen molar-refractivity contribution in [3.63, 3.8) is 0 Å². The van der Waals surface area contributed by atoms with Crippen molar-refractivity contribution in [1.82, 2.24) is 14.9 Å². The van der Waals surface area contributed by atoms with E-state index in [2.05, 4.69) is 9.97 Å². The maximum absolute atomic E-state index is 12.4. The zero-order valence-electron chi connectivity index (χ0n) is 14.4. The Morgan fingerprint density at radius 2 is 2.08 bits per heavy atom. The van der Waals surface area contributed by atoms with Crippen molar-refractivity contribution in [2.75, 3.05) is 32.1 Å². The van der Waals surface area contributed by atoms with Crippen LogP contribution >= 0.6 is 11.6 Å². The van der Waals surface area contributed by atoms with Gasteiger partial charge in [-0.05, 0) is 17.7 Å². The van der Waals surface area contributed by atoms with Crippen LogP contribution in [0.2, 0.25) is 5.02 Å². The molecule has 0 aliphatic carbocycles. The number of rotatable bonds is 5. The highest BCUT2D eigenvalue weighted by Gasteiger charge is 2.28. The first kappa shape index (κ1) is 17.5.